The summed E-state index contributed by atoms with van der Waals surface area (Å²) in [6.07, 6.45) is 4.35. The molecule has 4 nitrogen and oxygen atoms in total. The van der Waals surface area contributed by atoms with Crippen LogP contribution < -0.4 is 10.6 Å². The first kappa shape index (κ1) is 20.6. The van der Waals surface area contributed by atoms with Crippen molar-refractivity contribution < 1.29 is 18.7 Å². The van der Waals surface area contributed by atoms with E-state index in [1.54, 1.807) is 18.2 Å². The average molecular weight is 409 g/mol. The molecule has 0 unspecified atom stereocenters. The van der Waals surface area contributed by atoms with Gasteiger partial charge in [0.25, 0.3) is 5.91 Å². The Morgan fingerprint density at radius 1 is 1.11 bits per heavy atom. The quantitative estimate of drug-likeness (QED) is 0.651. The second-order valence-electron chi connectivity index (χ2n) is 7.25. The molecule has 1 saturated carbocycles. The van der Waals surface area contributed by atoms with Crippen LogP contribution in [-0.2, 0) is 6.54 Å². The molecule has 2 aromatic rings. The number of benzene rings is 2. The van der Waals surface area contributed by atoms with E-state index in [2.05, 4.69) is 10.6 Å². The molecule has 150 valence electrons. The van der Waals surface area contributed by atoms with Gasteiger partial charge in [-0.15, -0.1) is 0 Å². The second kappa shape index (κ2) is 8.88. The first-order valence-electron chi connectivity index (χ1n) is 9.34. The standard InChI is InChI=1S/C21H23ClF2N2O2/c22-18-7-6-16(25-12-14-4-5-15(23)10-19(14)24)11-17(18)20(27)26-13-21(28)8-2-1-3-9-21/h4-7,10-11,25,28H,1-3,8-9,12-13H2,(H,26,27). The van der Waals surface area contributed by atoms with Crippen LogP contribution in [0.4, 0.5) is 14.5 Å². The largest absolute Gasteiger partial charge is 0.388 e. The van der Waals surface area contributed by atoms with Gasteiger partial charge in [-0.05, 0) is 37.1 Å². The van der Waals surface area contributed by atoms with Crippen molar-refractivity contribution in [1.82, 2.24) is 5.32 Å². The highest BCUT2D eigenvalue weighted by atomic mass is 35.5. The van der Waals surface area contributed by atoms with E-state index >= 15 is 0 Å². The fourth-order valence-electron chi connectivity index (χ4n) is 3.40. The van der Waals surface area contributed by atoms with Crippen LogP contribution in [0, 0.1) is 11.6 Å². The van der Waals surface area contributed by atoms with Crippen molar-refractivity contribution in [3.8, 4) is 0 Å². The maximum Gasteiger partial charge on any atom is 0.252 e. The Morgan fingerprint density at radius 2 is 1.86 bits per heavy atom. The minimum atomic E-state index is -0.865. The molecule has 2 aromatic carbocycles. The zero-order valence-electron chi connectivity index (χ0n) is 15.4. The summed E-state index contributed by atoms with van der Waals surface area (Å²) in [5.74, 6) is -1.65. The van der Waals surface area contributed by atoms with Crippen LogP contribution in [-0.4, -0.2) is 23.2 Å². The van der Waals surface area contributed by atoms with Crippen LogP contribution in [0.5, 0.6) is 0 Å². The number of aliphatic hydroxyl groups is 1. The Morgan fingerprint density at radius 3 is 2.57 bits per heavy atom. The Bertz CT molecular complexity index is 854. The van der Waals surface area contributed by atoms with E-state index in [0.717, 1.165) is 25.3 Å². The molecule has 0 heterocycles. The summed E-state index contributed by atoms with van der Waals surface area (Å²) in [4.78, 5) is 12.5. The van der Waals surface area contributed by atoms with Crippen molar-refractivity contribution in [2.24, 2.45) is 0 Å². The normalized spacial score (nSPS) is 15.9. The van der Waals surface area contributed by atoms with Crippen LogP contribution in [0.25, 0.3) is 0 Å². The molecule has 0 aliphatic heterocycles. The minimum Gasteiger partial charge on any atom is -0.388 e. The van der Waals surface area contributed by atoms with Gasteiger partial charge in [0.1, 0.15) is 11.6 Å². The number of carbonyl (C=O) groups excluding carboxylic acids is 1. The number of rotatable bonds is 6. The molecule has 7 heteroatoms. The van der Waals surface area contributed by atoms with E-state index in [0.29, 0.717) is 24.1 Å². The first-order valence-corrected chi connectivity index (χ1v) is 9.72. The Balaban J connectivity index is 1.64. The van der Waals surface area contributed by atoms with Crippen molar-refractivity contribution in [1.29, 1.82) is 0 Å². The average Bonchev–Trinajstić information content (AvgIpc) is 2.67. The molecule has 1 aliphatic rings. The minimum absolute atomic E-state index is 0.133. The zero-order chi connectivity index (χ0) is 20.1. The molecule has 0 bridgehead atoms. The third-order valence-corrected chi connectivity index (χ3v) is 5.40. The molecular weight excluding hydrogens is 386 g/mol. The van der Waals surface area contributed by atoms with Gasteiger partial charge in [0.2, 0.25) is 0 Å². The summed E-state index contributed by atoms with van der Waals surface area (Å²) < 4.78 is 26.7. The molecule has 28 heavy (non-hydrogen) atoms. The highest BCUT2D eigenvalue weighted by molar-refractivity contribution is 6.34. The molecule has 0 radical (unpaired) electrons. The molecule has 1 fully saturated rings. The fraction of sp³-hybridized carbons (Fsp3) is 0.381. The maximum atomic E-state index is 13.7. The van der Waals surface area contributed by atoms with Crippen LogP contribution in [0.3, 0.4) is 0 Å². The van der Waals surface area contributed by atoms with Gasteiger partial charge in [-0.25, -0.2) is 8.78 Å². The number of hydrogen-bond donors (Lipinski definition) is 3. The van der Waals surface area contributed by atoms with Gasteiger partial charge in [0.05, 0.1) is 16.2 Å². The summed E-state index contributed by atoms with van der Waals surface area (Å²) in [6.45, 7) is 0.315. The van der Waals surface area contributed by atoms with Gasteiger partial charge in [0, 0.05) is 30.4 Å². The van der Waals surface area contributed by atoms with E-state index in [9.17, 15) is 18.7 Å². The molecular formula is C21H23ClF2N2O2. The predicted octanol–water partition coefficient (Wildman–Crippen LogP) is 4.66. The van der Waals surface area contributed by atoms with Crippen LogP contribution in [0.15, 0.2) is 36.4 Å². The highest BCUT2D eigenvalue weighted by Gasteiger charge is 2.29. The van der Waals surface area contributed by atoms with Crippen molar-refractivity contribution >= 4 is 23.2 Å². The van der Waals surface area contributed by atoms with Crippen molar-refractivity contribution in [2.45, 2.75) is 44.2 Å². The number of carbonyl (C=O) groups is 1. The lowest BCUT2D eigenvalue weighted by molar-refractivity contribution is 0.00526. The van der Waals surface area contributed by atoms with Crippen LogP contribution in [0.1, 0.15) is 48.0 Å². The zero-order valence-corrected chi connectivity index (χ0v) is 16.2. The van der Waals surface area contributed by atoms with Crippen molar-refractivity contribution in [2.75, 3.05) is 11.9 Å². The molecule has 1 aliphatic carbocycles. The lowest BCUT2D eigenvalue weighted by atomic mass is 9.85. The molecule has 0 aromatic heterocycles. The Labute approximate surface area is 167 Å². The van der Waals surface area contributed by atoms with Crippen LogP contribution in [0.2, 0.25) is 5.02 Å². The van der Waals surface area contributed by atoms with Crippen molar-refractivity contribution in [3.05, 3.63) is 64.2 Å². The number of halogens is 3. The number of amides is 1. The third-order valence-electron chi connectivity index (χ3n) is 5.07. The lowest BCUT2D eigenvalue weighted by Crippen LogP contribution is -2.44. The molecule has 0 spiro atoms. The molecule has 0 atom stereocenters. The van der Waals surface area contributed by atoms with Gasteiger partial charge in [-0.1, -0.05) is 36.9 Å². The smallest absolute Gasteiger partial charge is 0.252 e. The number of anilines is 1. The molecule has 1 amide bonds. The van der Waals surface area contributed by atoms with Gasteiger partial charge in [0.15, 0.2) is 0 Å². The topological polar surface area (TPSA) is 61.4 Å². The Kier molecular flexibility index (Phi) is 6.52. The predicted molar refractivity (Wildman–Crippen MR) is 106 cm³/mol. The van der Waals surface area contributed by atoms with E-state index in [4.69, 9.17) is 11.6 Å². The number of nitrogens with one attached hydrogen (secondary N) is 2. The summed E-state index contributed by atoms with van der Waals surface area (Å²) in [7, 11) is 0. The molecule has 3 rings (SSSR count). The number of hydrogen-bond acceptors (Lipinski definition) is 3. The summed E-state index contributed by atoms with van der Waals surface area (Å²) >= 11 is 6.15. The van der Waals surface area contributed by atoms with E-state index in [1.807, 2.05) is 0 Å². The maximum absolute atomic E-state index is 13.7. The van der Waals surface area contributed by atoms with Crippen LogP contribution >= 0.6 is 11.6 Å². The summed E-state index contributed by atoms with van der Waals surface area (Å²) in [5, 5.41) is 16.6. The third kappa shape index (κ3) is 5.20. The van der Waals surface area contributed by atoms with E-state index in [1.165, 1.54) is 12.1 Å². The second-order valence-corrected chi connectivity index (χ2v) is 7.66. The van der Waals surface area contributed by atoms with Crippen molar-refractivity contribution in [3.63, 3.8) is 0 Å². The van der Waals surface area contributed by atoms with Gasteiger partial charge >= 0.3 is 0 Å². The summed E-state index contributed by atoms with van der Waals surface area (Å²) in [5.41, 5.74) is 0.290. The Hall–Kier alpha value is -2.18. The molecule has 0 saturated heterocycles. The monoisotopic (exact) mass is 408 g/mol. The summed E-state index contributed by atoms with van der Waals surface area (Å²) in [6, 6.07) is 8.21. The lowest BCUT2D eigenvalue weighted by Gasteiger charge is -2.32. The first-order chi connectivity index (χ1) is 13.4. The molecule has 3 N–H and O–H groups in total. The van der Waals surface area contributed by atoms with E-state index in [-0.39, 0.29) is 29.6 Å². The van der Waals surface area contributed by atoms with E-state index < -0.39 is 17.2 Å². The highest BCUT2D eigenvalue weighted by Crippen LogP contribution is 2.28. The van der Waals surface area contributed by atoms with Gasteiger partial charge in [-0.3, -0.25) is 4.79 Å². The fourth-order valence-corrected chi connectivity index (χ4v) is 3.60. The van der Waals surface area contributed by atoms with Gasteiger partial charge < -0.3 is 15.7 Å². The van der Waals surface area contributed by atoms with Gasteiger partial charge in [-0.2, -0.15) is 0 Å². The SMILES string of the molecule is O=C(NCC1(O)CCCCC1)c1cc(NCc2ccc(F)cc2F)ccc1Cl.